The topological polar surface area (TPSA) is 38.7 Å². The molecule has 1 fully saturated rings. The van der Waals surface area contributed by atoms with Crippen LogP contribution in [0.4, 0.5) is 0 Å². The van der Waals surface area contributed by atoms with Gasteiger partial charge in [0.05, 0.1) is 17.0 Å². The van der Waals surface area contributed by atoms with Gasteiger partial charge in [0.15, 0.2) is 0 Å². The number of hydrogen-bond acceptors (Lipinski definition) is 4. The van der Waals surface area contributed by atoms with Crippen molar-refractivity contribution < 1.29 is 5.11 Å². The minimum absolute atomic E-state index is 0.0411. The molecule has 4 nitrogen and oxygen atoms in total. The molecule has 4 heteroatoms. The number of allylic oxidation sites excluding steroid dienone is 1. The SMILES string of the molecule is C#CC(C)(C)CC/C=C/N1C=C(NC)C(N2CCC(C(C)(C)O)CC2)=CC1. The number of terminal acetylenes is 1. The Morgan fingerprint density at radius 1 is 1.30 bits per heavy atom. The van der Waals surface area contributed by atoms with E-state index in [1.165, 1.54) is 5.70 Å². The largest absolute Gasteiger partial charge is 0.390 e. The summed E-state index contributed by atoms with van der Waals surface area (Å²) in [7, 11) is 1.98. The van der Waals surface area contributed by atoms with Crippen molar-refractivity contribution in [2.24, 2.45) is 11.3 Å². The fraction of sp³-hybridized carbons (Fsp3) is 0.652. The van der Waals surface area contributed by atoms with Gasteiger partial charge >= 0.3 is 0 Å². The zero-order chi connectivity index (χ0) is 20.1. The molecule has 0 unspecified atom stereocenters. The molecule has 2 aliphatic rings. The summed E-state index contributed by atoms with van der Waals surface area (Å²) in [4.78, 5) is 4.66. The first-order valence-corrected chi connectivity index (χ1v) is 10.1. The minimum atomic E-state index is -0.579. The van der Waals surface area contributed by atoms with E-state index in [0.29, 0.717) is 5.92 Å². The molecule has 0 radical (unpaired) electrons. The van der Waals surface area contributed by atoms with Crippen LogP contribution in [0, 0.1) is 23.7 Å². The Balaban J connectivity index is 1.91. The van der Waals surface area contributed by atoms with E-state index in [0.717, 1.165) is 51.0 Å². The zero-order valence-corrected chi connectivity index (χ0v) is 17.8. The maximum Gasteiger partial charge on any atom is 0.0737 e. The van der Waals surface area contributed by atoms with Gasteiger partial charge in [-0.05, 0) is 71.6 Å². The summed E-state index contributed by atoms with van der Waals surface area (Å²) in [6, 6.07) is 0. The van der Waals surface area contributed by atoms with Crippen molar-refractivity contribution in [1.29, 1.82) is 0 Å². The smallest absolute Gasteiger partial charge is 0.0737 e. The summed E-state index contributed by atoms with van der Waals surface area (Å²) in [6.45, 7) is 10.9. The lowest BCUT2D eigenvalue weighted by Crippen LogP contribution is -2.43. The average molecular weight is 372 g/mol. The second kappa shape index (κ2) is 8.89. The molecule has 0 aromatic heterocycles. The van der Waals surface area contributed by atoms with Crippen molar-refractivity contribution in [2.75, 3.05) is 26.7 Å². The van der Waals surface area contributed by atoms with E-state index in [-0.39, 0.29) is 5.41 Å². The molecule has 2 heterocycles. The predicted molar refractivity (Wildman–Crippen MR) is 114 cm³/mol. The minimum Gasteiger partial charge on any atom is -0.390 e. The number of nitrogens with zero attached hydrogens (tertiary/aromatic N) is 2. The van der Waals surface area contributed by atoms with Crippen molar-refractivity contribution in [2.45, 2.75) is 59.0 Å². The van der Waals surface area contributed by atoms with Crippen LogP contribution in [-0.2, 0) is 0 Å². The molecule has 0 saturated carbocycles. The van der Waals surface area contributed by atoms with Crippen LogP contribution >= 0.6 is 0 Å². The predicted octanol–water partition coefficient (Wildman–Crippen LogP) is 3.68. The van der Waals surface area contributed by atoms with Gasteiger partial charge in [-0.2, -0.15) is 0 Å². The summed E-state index contributed by atoms with van der Waals surface area (Å²) in [6.07, 6.45) is 18.4. The summed E-state index contributed by atoms with van der Waals surface area (Å²) in [5.74, 6) is 3.23. The maximum absolute atomic E-state index is 10.3. The van der Waals surface area contributed by atoms with E-state index in [2.05, 4.69) is 59.4 Å². The Labute approximate surface area is 166 Å². The van der Waals surface area contributed by atoms with Crippen molar-refractivity contribution in [3.63, 3.8) is 0 Å². The summed E-state index contributed by atoms with van der Waals surface area (Å²) < 4.78 is 0. The van der Waals surface area contributed by atoms with Gasteiger partial charge < -0.3 is 20.2 Å². The highest BCUT2D eigenvalue weighted by atomic mass is 16.3. The third-order valence-corrected chi connectivity index (χ3v) is 5.79. The van der Waals surface area contributed by atoms with E-state index in [9.17, 15) is 5.11 Å². The lowest BCUT2D eigenvalue weighted by atomic mass is 9.83. The number of nitrogens with one attached hydrogen (secondary N) is 1. The quantitative estimate of drug-likeness (QED) is 0.670. The molecule has 0 bridgehead atoms. The van der Waals surface area contributed by atoms with Gasteiger partial charge in [0.25, 0.3) is 0 Å². The van der Waals surface area contributed by atoms with Crippen LogP contribution in [0.15, 0.2) is 35.9 Å². The first-order valence-electron chi connectivity index (χ1n) is 10.1. The summed E-state index contributed by atoms with van der Waals surface area (Å²) in [5.41, 5.74) is 1.81. The van der Waals surface area contributed by atoms with Gasteiger partial charge in [-0.15, -0.1) is 12.3 Å². The Morgan fingerprint density at radius 3 is 2.52 bits per heavy atom. The van der Waals surface area contributed by atoms with Crippen molar-refractivity contribution >= 4 is 0 Å². The number of hydrogen-bond donors (Lipinski definition) is 2. The first-order chi connectivity index (χ1) is 12.7. The molecule has 27 heavy (non-hydrogen) atoms. The molecule has 0 aliphatic carbocycles. The number of rotatable bonds is 7. The number of likely N-dealkylation sites (tertiary alicyclic amines) is 1. The Bertz CT molecular complexity index is 623. The van der Waals surface area contributed by atoms with Crippen LogP contribution in [-0.4, -0.2) is 47.2 Å². The van der Waals surface area contributed by atoms with Crippen LogP contribution < -0.4 is 5.32 Å². The molecule has 0 aromatic carbocycles. The van der Waals surface area contributed by atoms with Crippen LogP contribution in [0.2, 0.25) is 0 Å². The van der Waals surface area contributed by atoms with E-state index >= 15 is 0 Å². The second-order valence-corrected chi connectivity index (χ2v) is 8.95. The summed E-state index contributed by atoms with van der Waals surface area (Å²) >= 11 is 0. The Kier molecular flexibility index (Phi) is 7.06. The van der Waals surface area contributed by atoms with Gasteiger partial charge in [0.1, 0.15) is 0 Å². The molecular formula is C23H37N3O. The van der Waals surface area contributed by atoms with E-state index in [1.54, 1.807) is 0 Å². The van der Waals surface area contributed by atoms with E-state index in [1.807, 2.05) is 20.9 Å². The van der Waals surface area contributed by atoms with E-state index < -0.39 is 5.60 Å². The Morgan fingerprint density at radius 2 is 1.96 bits per heavy atom. The monoisotopic (exact) mass is 371 g/mol. The van der Waals surface area contributed by atoms with Crippen molar-refractivity contribution in [3.8, 4) is 12.3 Å². The van der Waals surface area contributed by atoms with E-state index in [4.69, 9.17) is 6.42 Å². The summed E-state index contributed by atoms with van der Waals surface area (Å²) in [5, 5.41) is 13.6. The molecule has 1 saturated heterocycles. The fourth-order valence-electron chi connectivity index (χ4n) is 3.74. The number of piperidine rings is 1. The van der Waals surface area contributed by atoms with Gasteiger partial charge in [0.2, 0.25) is 0 Å². The lowest BCUT2D eigenvalue weighted by molar-refractivity contribution is -0.00828. The molecule has 150 valence electrons. The molecule has 0 aromatic rings. The van der Waals surface area contributed by atoms with Gasteiger partial charge in [-0.1, -0.05) is 6.08 Å². The molecule has 2 rings (SSSR count). The second-order valence-electron chi connectivity index (χ2n) is 8.95. The van der Waals surface area contributed by atoms with Gasteiger partial charge in [0, 0.05) is 38.3 Å². The Hall–Kier alpha value is -1.86. The number of aliphatic hydroxyl groups is 1. The highest BCUT2D eigenvalue weighted by Gasteiger charge is 2.31. The third kappa shape index (κ3) is 6.07. The highest BCUT2D eigenvalue weighted by molar-refractivity contribution is 5.32. The lowest BCUT2D eigenvalue weighted by Gasteiger charge is -2.41. The van der Waals surface area contributed by atoms with Crippen molar-refractivity contribution in [1.82, 2.24) is 15.1 Å². The average Bonchev–Trinajstić information content (AvgIpc) is 2.64. The first kappa shape index (κ1) is 21.4. The van der Waals surface area contributed by atoms with Crippen LogP contribution in [0.1, 0.15) is 53.4 Å². The van der Waals surface area contributed by atoms with Crippen LogP contribution in [0.3, 0.4) is 0 Å². The normalized spacial score (nSPS) is 19.7. The molecule has 0 atom stereocenters. The maximum atomic E-state index is 10.3. The van der Waals surface area contributed by atoms with Crippen LogP contribution in [0.5, 0.6) is 0 Å². The molecule has 2 N–H and O–H groups in total. The third-order valence-electron chi connectivity index (χ3n) is 5.79. The van der Waals surface area contributed by atoms with Gasteiger partial charge in [-0.25, -0.2) is 0 Å². The van der Waals surface area contributed by atoms with Crippen LogP contribution in [0.25, 0.3) is 0 Å². The molecular weight excluding hydrogens is 334 g/mol. The fourth-order valence-corrected chi connectivity index (χ4v) is 3.74. The molecule has 0 spiro atoms. The molecule has 0 amide bonds. The van der Waals surface area contributed by atoms with Crippen molar-refractivity contribution in [3.05, 3.63) is 35.9 Å². The highest BCUT2D eigenvalue weighted by Crippen LogP contribution is 2.31. The van der Waals surface area contributed by atoms with Gasteiger partial charge in [-0.3, -0.25) is 0 Å². The standard InChI is InChI=1S/C23H37N3O/c1-7-22(2,3)13-8-9-14-25-15-12-21(20(18-25)24-6)26-16-10-19(11-17-26)23(4,5)27/h1,9,12,14,18-19,24,27H,8,10-11,13,15-17H2,2-6H3/b14-9+. The number of likely N-dealkylation sites (N-methyl/N-ethyl adjacent to an activating group) is 1. The molecule has 2 aliphatic heterocycles. The zero-order valence-electron chi connectivity index (χ0n) is 17.8.